The van der Waals surface area contributed by atoms with Crippen LogP contribution < -0.4 is 0 Å². The molecule has 17 heavy (non-hydrogen) atoms. The molecule has 3 nitrogen and oxygen atoms in total. The van der Waals surface area contributed by atoms with E-state index in [1.165, 1.54) is 0 Å². The van der Waals surface area contributed by atoms with Gasteiger partial charge in [0.05, 0.1) is 11.7 Å². The Labute approximate surface area is 113 Å². The average Bonchev–Trinajstić information content (AvgIpc) is 2.28. The van der Waals surface area contributed by atoms with Crippen molar-refractivity contribution in [3.05, 3.63) is 36.0 Å². The molecule has 1 aromatic carbocycles. The zero-order valence-corrected chi connectivity index (χ0v) is 10.9. The maximum Gasteiger partial charge on any atom is 0.216 e. The van der Waals surface area contributed by atoms with E-state index in [2.05, 4.69) is 10.2 Å². The van der Waals surface area contributed by atoms with Crippen LogP contribution in [0.2, 0.25) is 0 Å². The van der Waals surface area contributed by atoms with Gasteiger partial charge < -0.3 is 5.11 Å². The highest BCUT2D eigenvalue weighted by atomic mass is 35.6. The molecule has 0 aliphatic heterocycles. The van der Waals surface area contributed by atoms with Crippen molar-refractivity contribution in [1.29, 1.82) is 0 Å². The summed E-state index contributed by atoms with van der Waals surface area (Å²) in [7, 11) is 0. The van der Waals surface area contributed by atoms with Gasteiger partial charge in [-0.25, -0.2) is 0 Å². The standard InChI is InChI=1S/C11H9Cl3N2O/c12-11(13,14)10(17)5-7-6-15-16-9-4-2-1-3-8(7)9/h1-4,6,10,17H,5H2/t10-/m0/s1. The summed E-state index contributed by atoms with van der Waals surface area (Å²) >= 11 is 16.9. The molecular weight excluding hydrogens is 282 g/mol. The van der Waals surface area contributed by atoms with Crippen molar-refractivity contribution in [3.8, 4) is 0 Å². The maximum atomic E-state index is 9.75. The van der Waals surface area contributed by atoms with Crippen LogP contribution in [0.25, 0.3) is 10.9 Å². The molecule has 1 N–H and O–H groups in total. The van der Waals surface area contributed by atoms with Gasteiger partial charge in [-0.1, -0.05) is 53.0 Å². The molecule has 0 aliphatic rings. The van der Waals surface area contributed by atoms with E-state index in [9.17, 15) is 5.11 Å². The molecule has 1 aromatic heterocycles. The van der Waals surface area contributed by atoms with Crippen LogP contribution in [0.15, 0.2) is 30.5 Å². The summed E-state index contributed by atoms with van der Waals surface area (Å²) in [6, 6.07) is 7.49. The van der Waals surface area contributed by atoms with Crippen LogP contribution in [0, 0.1) is 0 Å². The number of aliphatic hydroxyl groups excluding tert-OH is 1. The number of halogens is 3. The molecule has 6 heteroatoms. The van der Waals surface area contributed by atoms with Gasteiger partial charge >= 0.3 is 0 Å². The Morgan fingerprint density at radius 3 is 2.65 bits per heavy atom. The molecule has 0 saturated heterocycles. The minimum Gasteiger partial charge on any atom is -0.388 e. The Morgan fingerprint density at radius 2 is 1.94 bits per heavy atom. The highest BCUT2D eigenvalue weighted by Crippen LogP contribution is 2.32. The van der Waals surface area contributed by atoms with E-state index in [0.717, 1.165) is 16.5 Å². The Kier molecular flexibility index (Phi) is 3.73. The number of fused-ring (bicyclic) bond motifs is 1. The first kappa shape index (κ1) is 12.8. The summed E-state index contributed by atoms with van der Waals surface area (Å²) in [5.74, 6) is 0. The SMILES string of the molecule is O[C@@H](Cc1cnnc2ccccc12)C(Cl)(Cl)Cl. The number of rotatable bonds is 2. The summed E-state index contributed by atoms with van der Waals surface area (Å²) < 4.78 is -1.70. The van der Waals surface area contributed by atoms with Crippen LogP contribution in [-0.2, 0) is 6.42 Å². The van der Waals surface area contributed by atoms with Gasteiger partial charge in [0.1, 0.15) is 6.10 Å². The minimum absolute atomic E-state index is 0.215. The van der Waals surface area contributed by atoms with Crippen molar-refractivity contribution in [2.45, 2.75) is 16.3 Å². The van der Waals surface area contributed by atoms with Crippen molar-refractivity contribution in [2.75, 3.05) is 0 Å². The minimum atomic E-state index is -1.70. The summed E-state index contributed by atoms with van der Waals surface area (Å²) in [5.41, 5.74) is 1.55. The Morgan fingerprint density at radius 1 is 1.24 bits per heavy atom. The quantitative estimate of drug-likeness (QED) is 0.865. The molecule has 2 rings (SSSR count). The first-order chi connectivity index (χ1) is 7.98. The third-order valence-electron chi connectivity index (χ3n) is 2.42. The number of benzene rings is 1. The highest BCUT2D eigenvalue weighted by molar-refractivity contribution is 6.68. The van der Waals surface area contributed by atoms with Gasteiger partial charge in [-0.15, -0.1) is 0 Å². The largest absolute Gasteiger partial charge is 0.388 e. The fourth-order valence-electron chi connectivity index (χ4n) is 1.55. The van der Waals surface area contributed by atoms with E-state index in [0.29, 0.717) is 0 Å². The van der Waals surface area contributed by atoms with E-state index >= 15 is 0 Å². The predicted octanol–water partition coefficient (Wildman–Crippen LogP) is 2.90. The van der Waals surface area contributed by atoms with Gasteiger partial charge in [0.15, 0.2) is 0 Å². The third-order valence-corrected chi connectivity index (χ3v) is 3.18. The third kappa shape index (κ3) is 2.99. The van der Waals surface area contributed by atoms with Crippen molar-refractivity contribution in [1.82, 2.24) is 10.2 Å². The van der Waals surface area contributed by atoms with Gasteiger partial charge in [-0.3, -0.25) is 0 Å². The van der Waals surface area contributed by atoms with Crippen LogP contribution in [0.3, 0.4) is 0 Å². The van der Waals surface area contributed by atoms with E-state index < -0.39 is 9.90 Å². The number of nitrogens with zero attached hydrogens (tertiary/aromatic N) is 2. The first-order valence-corrected chi connectivity index (χ1v) is 6.06. The Hall–Kier alpha value is -0.610. The molecule has 0 aliphatic carbocycles. The molecule has 1 heterocycles. The van der Waals surface area contributed by atoms with Gasteiger partial charge in [0.25, 0.3) is 0 Å². The molecule has 0 amide bonds. The number of hydrogen-bond acceptors (Lipinski definition) is 3. The second-order valence-corrected chi connectivity index (χ2v) is 6.02. The lowest BCUT2D eigenvalue weighted by molar-refractivity contribution is 0.179. The number of alkyl halides is 3. The zero-order valence-electron chi connectivity index (χ0n) is 8.65. The van der Waals surface area contributed by atoms with Crippen LogP contribution in [0.1, 0.15) is 5.56 Å². The lowest BCUT2D eigenvalue weighted by Gasteiger charge is -2.19. The second kappa shape index (κ2) is 4.94. The fourth-order valence-corrected chi connectivity index (χ4v) is 1.78. The second-order valence-electron chi connectivity index (χ2n) is 3.65. The molecular formula is C11H9Cl3N2O. The van der Waals surface area contributed by atoms with Crippen molar-refractivity contribution < 1.29 is 5.11 Å². The number of aliphatic hydroxyl groups is 1. The van der Waals surface area contributed by atoms with Gasteiger partial charge in [0, 0.05) is 11.8 Å². The molecule has 0 saturated carbocycles. The Balaban J connectivity index is 2.36. The molecule has 0 unspecified atom stereocenters. The summed E-state index contributed by atoms with van der Waals surface area (Å²) in [6.07, 6.45) is 0.703. The molecule has 0 spiro atoms. The molecule has 0 radical (unpaired) electrons. The zero-order chi connectivity index (χ0) is 12.5. The summed E-state index contributed by atoms with van der Waals surface area (Å²) in [5, 5.41) is 18.5. The topological polar surface area (TPSA) is 46.0 Å². The van der Waals surface area contributed by atoms with Crippen molar-refractivity contribution in [3.63, 3.8) is 0 Å². The van der Waals surface area contributed by atoms with Gasteiger partial charge in [-0.2, -0.15) is 10.2 Å². The smallest absolute Gasteiger partial charge is 0.216 e. The highest BCUT2D eigenvalue weighted by Gasteiger charge is 2.31. The number of aromatic nitrogens is 2. The summed E-state index contributed by atoms with van der Waals surface area (Å²) in [6.45, 7) is 0. The van der Waals surface area contributed by atoms with Crippen LogP contribution in [-0.4, -0.2) is 25.2 Å². The van der Waals surface area contributed by atoms with Crippen LogP contribution in [0.5, 0.6) is 0 Å². The van der Waals surface area contributed by atoms with E-state index in [1.807, 2.05) is 24.3 Å². The normalized spacial score (nSPS) is 13.9. The van der Waals surface area contributed by atoms with E-state index in [4.69, 9.17) is 34.8 Å². The summed E-state index contributed by atoms with van der Waals surface area (Å²) in [4.78, 5) is 0. The van der Waals surface area contributed by atoms with E-state index in [1.54, 1.807) is 6.20 Å². The van der Waals surface area contributed by atoms with Crippen LogP contribution >= 0.6 is 34.8 Å². The van der Waals surface area contributed by atoms with E-state index in [-0.39, 0.29) is 6.42 Å². The van der Waals surface area contributed by atoms with Gasteiger partial charge in [0.2, 0.25) is 3.79 Å². The fraction of sp³-hybridized carbons (Fsp3) is 0.273. The monoisotopic (exact) mass is 290 g/mol. The maximum absolute atomic E-state index is 9.75. The Bertz CT molecular complexity index is 522. The molecule has 0 bridgehead atoms. The molecule has 0 fully saturated rings. The molecule has 90 valence electrons. The van der Waals surface area contributed by atoms with Crippen LogP contribution in [0.4, 0.5) is 0 Å². The lowest BCUT2D eigenvalue weighted by atomic mass is 10.1. The van der Waals surface area contributed by atoms with Gasteiger partial charge in [-0.05, 0) is 11.6 Å². The van der Waals surface area contributed by atoms with Crippen molar-refractivity contribution >= 4 is 45.7 Å². The van der Waals surface area contributed by atoms with Crippen molar-refractivity contribution in [2.24, 2.45) is 0 Å². The lowest BCUT2D eigenvalue weighted by Crippen LogP contribution is -2.27. The molecule has 1 atom stereocenters. The first-order valence-electron chi connectivity index (χ1n) is 4.92. The average molecular weight is 292 g/mol. The number of hydrogen-bond donors (Lipinski definition) is 1. The molecule has 2 aromatic rings. The predicted molar refractivity (Wildman–Crippen MR) is 69.5 cm³/mol.